The average molecular weight is 599 g/mol. The molecule has 212 valence electrons. The predicted molar refractivity (Wildman–Crippen MR) is 183 cm³/mol. The van der Waals surface area contributed by atoms with Crippen LogP contribution in [0.5, 0.6) is 0 Å². The third-order valence-electron chi connectivity index (χ3n) is 8.33. The van der Waals surface area contributed by atoms with Gasteiger partial charge in [-0.2, -0.15) is 0 Å². The van der Waals surface area contributed by atoms with Gasteiger partial charge in [-0.1, -0.05) is 109 Å². The Morgan fingerprint density at radius 2 is 1.11 bits per heavy atom. The molecular weight excluding hydrogens is 576 g/mol. The van der Waals surface area contributed by atoms with Crippen molar-refractivity contribution in [3.05, 3.63) is 145 Å². The average Bonchev–Trinajstić information content (AvgIpc) is 3.64. The molecular formula is C39H23ClN4O. The Labute approximate surface area is 263 Å². The van der Waals surface area contributed by atoms with Crippen LogP contribution in [0.2, 0.25) is 5.02 Å². The zero-order chi connectivity index (χ0) is 29.9. The number of furan rings is 1. The fourth-order valence-corrected chi connectivity index (χ4v) is 6.50. The molecule has 9 aromatic rings. The standard InChI is InChI=1S/C39H23ClN4O/c40-31-22-21-30-29-16-8-10-18-34(29)45-36(30)35(31)39-42-37(24-11-3-1-4-12-24)41-38(43-39)25-19-20-28-27-15-7-9-17-32(27)44(33(28)23-25)26-13-5-2-6-14-26/h1-23H. The highest BCUT2D eigenvalue weighted by Crippen LogP contribution is 2.40. The van der Waals surface area contributed by atoms with Crippen LogP contribution in [-0.2, 0) is 0 Å². The number of aromatic nitrogens is 4. The summed E-state index contributed by atoms with van der Waals surface area (Å²) in [5, 5.41) is 4.83. The van der Waals surface area contributed by atoms with Crippen LogP contribution in [0.25, 0.3) is 83.6 Å². The maximum absolute atomic E-state index is 6.91. The van der Waals surface area contributed by atoms with E-state index >= 15 is 0 Å². The topological polar surface area (TPSA) is 56.7 Å². The Morgan fingerprint density at radius 3 is 1.93 bits per heavy atom. The molecule has 0 aliphatic carbocycles. The summed E-state index contributed by atoms with van der Waals surface area (Å²) in [4.78, 5) is 15.0. The molecule has 0 N–H and O–H groups in total. The molecule has 3 heterocycles. The van der Waals surface area contributed by atoms with Crippen molar-refractivity contribution < 1.29 is 4.42 Å². The maximum atomic E-state index is 6.91. The number of halogens is 1. The van der Waals surface area contributed by atoms with Crippen LogP contribution in [0.1, 0.15) is 0 Å². The molecule has 0 saturated carbocycles. The van der Waals surface area contributed by atoms with E-state index in [1.807, 2.05) is 72.8 Å². The van der Waals surface area contributed by atoms with Gasteiger partial charge in [-0.25, -0.2) is 15.0 Å². The second-order valence-electron chi connectivity index (χ2n) is 11.0. The van der Waals surface area contributed by atoms with Crippen molar-refractivity contribution in [2.75, 3.05) is 0 Å². The lowest BCUT2D eigenvalue weighted by Gasteiger charge is -2.11. The van der Waals surface area contributed by atoms with Gasteiger partial charge in [0.05, 0.1) is 21.6 Å². The lowest BCUT2D eigenvalue weighted by molar-refractivity contribution is 0.669. The Kier molecular flexibility index (Phi) is 5.80. The minimum Gasteiger partial charge on any atom is -0.455 e. The summed E-state index contributed by atoms with van der Waals surface area (Å²) in [5.74, 6) is 1.57. The molecule has 0 aliphatic heterocycles. The second kappa shape index (κ2) is 10.2. The van der Waals surface area contributed by atoms with E-state index in [1.54, 1.807) is 0 Å². The van der Waals surface area contributed by atoms with Gasteiger partial charge in [0, 0.05) is 38.4 Å². The fraction of sp³-hybridized carbons (Fsp3) is 0. The first-order valence-electron chi connectivity index (χ1n) is 14.7. The van der Waals surface area contributed by atoms with Crippen molar-refractivity contribution in [3.8, 4) is 39.9 Å². The molecule has 6 heteroatoms. The lowest BCUT2D eigenvalue weighted by Crippen LogP contribution is -2.01. The zero-order valence-electron chi connectivity index (χ0n) is 23.9. The van der Waals surface area contributed by atoms with Gasteiger partial charge in [0.1, 0.15) is 11.2 Å². The van der Waals surface area contributed by atoms with Crippen LogP contribution in [0.4, 0.5) is 0 Å². The van der Waals surface area contributed by atoms with Crippen LogP contribution in [0, 0.1) is 0 Å². The normalized spacial score (nSPS) is 11.7. The summed E-state index contributed by atoms with van der Waals surface area (Å²) in [5.41, 5.74) is 7.13. The van der Waals surface area contributed by atoms with Gasteiger partial charge in [0.15, 0.2) is 17.5 Å². The third kappa shape index (κ3) is 4.13. The number of hydrogen-bond donors (Lipinski definition) is 0. The summed E-state index contributed by atoms with van der Waals surface area (Å²) in [6.07, 6.45) is 0. The summed E-state index contributed by atoms with van der Waals surface area (Å²) in [6, 6.07) is 47.1. The van der Waals surface area contributed by atoms with E-state index in [-0.39, 0.29) is 0 Å². The smallest absolute Gasteiger partial charge is 0.169 e. The highest BCUT2D eigenvalue weighted by Gasteiger charge is 2.21. The molecule has 0 saturated heterocycles. The van der Waals surface area contributed by atoms with Crippen LogP contribution < -0.4 is 0 Å². The van der Waals surface area contributed by atoms with Crippen molar-refractivity contribution in [1.82, 2.24) is 19.5 Å². The van der Waals surface area contributed by atoms with Crippen molar-refractivity contribution in [2.45, 2.75) is 0 Å². The predicted octanol–water partition coefficient (Wildman–Crippen LogP) is 10.5. The van der Waals surface area contributed by atoms with Gasteiger partial charge in [0.25, 0.3) is 0 Å². The lowest BCUT2D eigenvalue weighted by atomic mass is 10.1. The number of hydrogen-bond acceptors (Lipinski definition) is 4. The number of rotatable bonds is 4. The highest BCUT2D eigenvalue weighted by atomic mass is 35.5. The molecule has 45 heavy (non-hydrogen) atoms. The van der Waals surface area contributed by atoms with E-state index in [2.05, 4.69) is 71.3 Å². The van der Waals surface area contributed by atoms with Crippen molar-refractivity contribution in [1.29, 1.82) is 0 Å². The summed E-state index contributed by atoms with van der Waals surface area (Å²) in [7, 11) is 0. The molecule has 0 fully saturated rings. The molecule has 0 spiro atoms. The third-order valence-corrected chi connectivity index (χ3v) is 8.65. The van der Waals surface area contributed by atoms with E-state index in [9.17, 15) is 0 Å². The first-order valence-corrected chi connectivity index (χ1v) is 15.1. The molecule has 0 radical (unpaired) electrons. The number of benzene rings is 6. The Hall–Kier alpha value is -5.78. The molecule has 3 aromatic heterocycles. The van der Waals surface area contributed by atoms with Crippen LogP contribution >= 0.6 is 11.6 Å². The SMILES string of the molecule is Clc1ccc2c(oc3ccccc32)c1-c1nc(-c2ccccc2)nc(-c2ccc3c4ccccc4n(-c4ccccc4)c3c2)n1. The molecule has 6 aromatic carbocycles. The van der Waals surface area contributed by atoms with Crippen molar-refractivity contribution >= 4 is 55.3 Å². The molecule has 0 amide bonds. The largest absolute Gasteiger partial charge is 0.455 e. The number of para-hydroxylation sites is 3. The maximum Gasteiger partial charge on any atom is 0.169 e. The van der Waals surface area contributed by atoms with E-state index in [0.717, 1.165) is 49.6 Å². The van der Waals surface area contributed by atoms with Crippen LogP contribution in [0.3, 0.4) is 0 Å². The fourth-order valence-electron chi connectivity index (χ4n) is 6.27. The number of fused-ring (bicyclic) bond motifs is 6. The van der Waals surface area contributed by atoms with Gasteiger partial charge in [-0.15, -0.1) is 0 Å². The Morgan fingerprint density at radius 1 is 0.489 bits per heavy atom. The highest BCUT2D eigenvalue weighted by molar-refractivity contribution is 6.35. The number of nitrogens with zero attached hydrogens (tertiary/aromatic N) is 4. The van der Waals surface area contributed by atoms with Crippen molar-refractivity contribution in [2.24, 2.45) is 0 Å². The first-order chi connectivity index (χ1) is 22.2. The molecule has 9 rings (SSSR count). The first kappa shape index (κ1) is 25.7. The van der Waals surface area contributed by atoms with Gasteiger partial charge in [-0.3, -0.25) is 0 Å². The molecule has 0 atom stereocenters. The Bertz CT molecular complexity index is 2550. The summed E-state index contributed by atoms with van der Waals surface area (Å²) in [6.45, 7) is 0. The second-order valence-corrected chi connectivity index (χ2v) is 11.4. The van der Waals surface area contributed by atoms with Crippen LogP contribution in [-0.4, -0.2) is 19.5 Å². The van der Waals surface area contributed by atoms with Gasteiger partial charge < -0.3 is 8.98 Å². The van der Waals surface area contributed by atoms with Gasteiger partial charge in [-0.05, 0) is 42.5 Å². The summed E-state index contributed by atoms with van der Waals surface area (Å²) < 4.78 is 8.67. The van der Waals surface area contributed by atoms with E-state index in [0.29, 0.717) is 33.6 Å². The van der Waals surface area contributed by atoms with Crippen LogP contribution in [0.15, 0.2) is 144 Å². The van der Waals surface area contributed by atoms with E-state index in [4.69, 9.17) is 31.0 Å². The monoisotopic (exact) mass is 598 g/mol. The van der Waals surface area contributed by atoms with Crippen molar-refractivity contribution in [3.63, 3.8) is 0 Å². The molecule has 0 bridgehead atoms. The Balaban J connectivity index is 1.32. The van der Waals surface area contributed by atoms with E-state index < -0.39 is 0 Å². The van der Waals surface area contributed by atoms with E-state index in [1.165, 1.54) is 5.39 Å². The van der Waals surface area contributed by atoms with Gasteiger partial charge in [0.2, 0.25) is 0 Å². The zero-order valence-corrected chi connectivity index (χ0v) is 24.6. The molecule has 0 unspecified atom stereocenters. The molecule has 5 nitrogen and oxygen atoms in total. The molecule has 0 aliphatic rings. The minimum atomic E-state index is 0.456. The quantitative estimate of drug-likeness (QED) is 0.202. The summed E-state index contributed by atoms with van der Waals surface area (Å²) >= 11 is 6.91. The van der Waals surface area contributed by atoms with Gasteiger partial charge >= 0.3 is 0 Å². The minimum absolute atomic E-state index is 0.456.